The van der Waals surface area contributed by atoms with Crippen LogP contribution in [-0.2, 0) is 9.53 Å². The van der Waals surface area contributed by atoms with Gasteiger partial charge in [-0.05, 0) is 26.0 Å². The van der Waals surface area contributed by atoms with Crippen molar-refractivity contribution >= 4 is 22.8 Å². The third kappa shape index (κ3) is 4.00. The summed E-state index contributed by atoms with van der Waals surface area (Å²) in [6.45, 7) is 3.15. The first-order valence-corrected chi connectivity index (χ1v) is 7.76. The second-order valence-corrected chi connectivity index (χ2v) is 5.59. The molecule has 3 rings (SSSR count). The van der Waals surface area contributed by atoms with Gasteiger partial charge in [-0.3, -0.25) is 9.78 Å². The smallest absolute Gasteiger partial charge is 0.359 e. The van der Waals surface area contributed by atoms with Crippen molar-refractivity contribution in [2.75, 3.05) is 6.61 Å². The number of ether oxygens (including phenoxy) is 1. The molecule has 128 valence electrons. The first-order chi connectivity index (χ1) is 12.0. The topological polar surface area (TPSA) is 94.3 Å². The summed E-state index contributed by atoms with van der Waals surface area (Å²) in [7, 11) is 0. The number of furan rings is 1. The molecule has 0 saturated heterocycles. The van der Waals surface area contributed by atoms with Gasteiger partial charge in [0.05, 0.1) is 17.9 Å². The Morgan fingerprint density at radius 2 is 2.04 bits per heavy atom. The lowest BCUT2D eigenvalue weighted by atomic mass is 10.2. The molecule has 7 heteroatoms. The number of carbonyl (C=O) groups is 2. The lowest BCUT2D eigenvalue weighted by molar-refractivity contribution is -0.125. The highest BCUT2D eigenvalue weighted by molar-refractivity contribution is 5.89. The fourth-order valence-electron chi connectivity index (χ4n) is 2.27. The maximum atomic E-state index is 12.0. The van der Waals surface area contributed by atoms with E-state index in [-0.39, 0.29) is 11.7 Å². The van der Waals surface area contributed by atoms with Gasteiger partial charge in [0, 0.05) is 11.6 Å². The van der Waals surface area contributed by atoms with Crippen LogP contribution in [0.4, 0.5) is 0 Å². The Morgan fingerprint density at radius 3 is 2.76 bits per heavy atom. The van der Waals surface area contributed by atoms with E-state index in [2.05, 4.69) is 15.3 Å². The highest BCUT2D eigenvalue weighted by Crippen LogP contribution is 2.23. The first-order valence-electron chi connectivity index (χ1n) is 7.76. The molecule has 1 N–H and O–H groups in total. The Bertz CT molecular complexity index is 869. The molecule has 0 aliphatic carbocycles. The third-order valence-corrected chi connectivity index (χ3v) is 3.57. The second-order valence-electron chi connectivity index (χ2n) is 5.59. The Morgan fingerprint density at radius 1 is 1.24 bits per heavy atom. The van der Waals surface area contributed by atoms with Crippen molar-refractivity contribution in [1.82, 2.24) is 15.3 Å². The van der Waals surface area contributed by atoms with E-state index in [1.807, 2.05) is 30.3 Å². The summed E-state index contributed by atoms with van der Waals surface area (Å²) in [4.78, 5) is 31.6. The molecule has 1 aromatic carbocycles. The van der Waals surface area contributed by atoms with Crippen molar-refractivity contribution in [3.05, 3.63) is 59.9 Å². The molecule has 0 radical (unpaired) electrons. The summed E-state index contributed by atoms with van der Waals surface area (Å²) in [6, 6.07) is 9.11. The fourth-order valence-corrected chi connectivity index (χ4v) is 2.27. The van der Waals surface area contributed by atoms with E-state index in [0.29, 0.717) is 11.5 Å². The molecule has 0 saturated carbocycles. The van der Waals surface area contributed by atoms with Gasteiger partial charge in [-0.15, -0.1) is 0 Å². The van der Waals surface area contributed by atoms with Gasteiger partial charge < -0.3 is 14.5 Å². The number of benzene rings is 1. The Hall–Kier alpha value is -3.22. The molecule has 2 aromatic heterocycles. The maximum Gasteiger partial charge on any atom is 0.359 e. The number of hydrogen-bond acceptors (Lipinski definition) is 6. The molecule has 1 atom stereocenters. The van der Waals surface area contributed by atoms with E-state index in [1.165, 1.54) is 12.4 Å². The number of hydrogen-bond donors (Lipinski definition) is 1. The molecule has 1 amide bonds. The van der Waals surface area contributed by atoms with E-state index in [4.69, 9.17) is 9.15 Å². The van der Waals surface area contributed by atoms with Crippen LogP contribution in [0.15, 0.2) is 47.1 Å². The molecule has 0 aliphatic heterocycles. The lowest BCUT2D eigenvalue weighted by Gasteiger charge is -2.11. The van der Waals surface area contributed by atoms with Gasteiger partial charge in [0.2, 0.25) is 0 Å². The first kappa shape index (κ1) is 16.6. The van der Waals surface area contributed by atoms with Crippen LogP contribution in [0.5, 0.6) is 0 Å². The molecule has 0 aliphatic rings. The van der Waals surface area contributed by atoms with Gasteiger partial charge in [-0.1, -0.05) is 18.2 Å². The standard InChI is InChI=1S/C18H17N3O4/c1-11-8-20-14(9-19-11)18(23)24-10-17(22)21-12(2)16-7-13-5-3-4-6-15(13)25-16/h3-9,12H,10H2,1-2H3,(H,21,22)/t12-/m0/s1. The molecule has 25 heavy (non-hydrogen) atoms. The van der Waals surface area contributed by atoms with E-state index in [1.54, 1.807) is 13.8 Å². The maximum absolute atomic E-state index is 12.0. The number of para-hydroxylation sites is 1. The minimum atomic E-state index is -0.695. The van der Waals surface area contributed by atoms with Gasteiger partial charge in [0.15, 0.2) is 12.3 Å². The molecule has 0 unspecified atom stereocenters. The SMILES string of the molecule is Cc1cnc(C(=O)OCC(=O)N[C@@H](C)c2cc3ccccc3o2)cn1. The summed E-state index contributed by atoms with van der Waals surface area (Å²) >= 11 is 0. The van der Waals surface area contributed by atoms with Gasteiger partial charge in [0.1, 0.15) is 11.3 Å². The quantitative estimate of drug-likeness (QED) is 0.718. The van der Waals surface area contributed by atoms with Gasteiger partial charge >= 0.3 is 5.97 Å². The molecular formula is C18H17N3O4. The summed E-state index contributed by atoms with van der Waals surface area (Å²) in [6.07, 6.45) is 2.77. The number of aryl methyl sites for hydroxylation is 1. The third-order valence-electron chi connectivity index (χ3n) is 3.57. The zero-order valence-electron chi connectivity index (χ0n) is 13.9. The average Bonchev–Trinajstić information content (AvgIpc) is 3.04. The van der Waals surface area contributed by atoms with Gasteiger partial charge in [0.25, 0.3) is 5.91 Å². The highest BCUT2D eigenvalue weighted by atomic mass is 16.5. The molecule has 0 bridgehead atoms. The number of esters is 1. The van der Waals surface area contributed by atoms with Crippen molar-refractivity contribution in [2.24, 2.45) is 0 Å². The van der Waals surface area contributed by atoms with Crippen LogP contribution in [0.1, 0.15) is 34.9 Å². The summed E-state index contributed by atoms with van der Waals surface area (Å²) < 4.78 is 10.6. The molecule has 3 aromatic rings. The van der Waals surface area contributed by atoms with Crippen LogP contribution in [0.2, 0.25) is 0 Å². The minimum absolute atomic E-state index is 0.0590. The predicted octanol–water partition coefficient (Wildman–Crippen LogP) is 2.57. The normalized spacial score (nSPS) is 11.9. The largest absolute Gasteiger partial charge is 0.459 e. The molecule has 0 spiro atoms. The van der Waals surface area contributed by atoms with Crippen LogP contribution < -0.4 is 5.32 Å². The van der Waals surface area contributed by atoms with Crippen LogP contribution >= 0.6 is 0 Å². The number of carbonyl (C=O) groups excluding carboxylic acids is 2. The summed E-state index contributed by atoms with van der Waals surface area (Å²) in [5, 5.41) is 3.69. The zero-order valence-corrected chi connectivity index (χ0v) is 13.9. The van der Waals surface area contributed by atoms with Crippen LogP contribution in [0.25, 0.3) is 11.0 Å². The van der Waals surface area contributed by atoms with Gasteiger partial charge in [-0.2, -0.15) is 0 Å². The number of nitrogens with zero attached hydrogens (tertiary/aromatic N) is 2. The molecule has 7 nitrogen and oxygen atoms in total. The van der Waals surface area contributed by atoms with Crippen molar-refractivity contribution in [3.8, 4) is 0 Å². The van der Waals surface area contributed by atoms with Crippen molar-refractivity contribution in [3.63, 3.8) is 0 Å². The number of aromatic nitrogens is 2. The zero-order chi connectivity index (χ0) is 17.8. The fraction of sp³-hybridized carbons (Fsp3) is 0.222. The van der Waals surface area contributed by atoms with Crippen molar-refractivity contribution in [1.29, 1.82) is 0 Å². The number of rotatable bonds is 5. The number of fused-ring (bicyclic) bond motifs is 1. The number of amides is 1. The highest BCUT2D eigenvalue weighted by Gasteiger charge is 2.16. The van der Waals surface area contributed by atoms with Crippen molar-refractivity contribution in [2.45, 2.75) is 19.9 Å². The average molecular weight is 339 g/mol. The van der Waals surface area contributed by atoms with Crippen LogP contribution in [0, 0.1) is 6.92 Å². The Labute approximate surface area is 144 Å². The Balaban J connectivity index is 1.54. The monoisotopic (exact) mass is 339 g/mol. The summed E-state index contributed by atoms with van der Waals surface area (Å²) in [5.41, 5.74) is 1.50. The van der Waals surface area contributed by atoms with E-state index >= 15 is 0 Å². The van der Waals surface area contributed by atoms with Gasteiger partial charge in [-0.25, -0.2) is 9.78 Å². The molecular weight excluding hydrogens is 322 g/mol. The van der Waals surface area contributed by atoms with Crippen molar-refractivity contribution < 1.29 is 18.7 Å². The van der Waals surface area contributed by atoms with Crippen LogP contribution in [-0.4, -0.2) is 28.5 Å². The second kappa shape index (κ2) is 7.12. The lowest BCUT2D eigenvalue weighted by Crippen LogP contribution is -2.31. The minimum Gasteiger partial charge on any atom is -0.459 e. The van der Waals surface area contributed by atoms with Crippen LogP contribution in [0.3, 0.4) is 0 Å². The van der Waals surface area contributed by atoms with E-state index < -0.39 is 18.5 Å². The van der Waals surface area contributed by atoms with E-state index in [0.717, 1.165) is 11.0 Å². The molecule has 0 fully saturated rings. The predicted molar refractivity (Wildman–Crippen MR) is 89.8 cm³/mol. The summed E-state index contributed by atoms with van der Waals surface area (Å²) in [5.74, 6) is -0.495. The van der Waals surface area contributed by atoms with E-state index in [9.17, 15) is 9.59 Å². The Kier molecular flexibility index (Phi) is 4.74. The molecule has 2 heterocycles. The number of nitrogens with one attached hydrogen (secondary N) is 1.